The fourth-order valence-corrected chi connectivity index (χ4v) is 2.00. The first-order valence-corrected chi connectivity index (χ1v) is 5.87. The van der Waals surface area contributed by atoms with E-state index in [2.05, 4.69) is 11.4 Å². The van der Waals surface area contributed by atoms with Crippen molar-refractivity contribution in [3.63, 3.8) is 0 Å². The molecule has 1 aromatic rings. The molecule has 3 heteroatoms. The van der Waals surface area contributed by atoms with E-state index in [1.807, 2.05) is 18.2 Å². The number of ether oxygens (including phenoxy) is 2. The van der Waals surface area contributed by atoms with Gasteiger partial charge in [-0.2, -0.15) is 0 Å². The average molecular weight is 221 g/mol. The van der Waals surface area contributed by atoms with Crippen LogP contribution in [0.1, 0.15) is 19.3 Å². The molecular weight excluding hydrogens is 202 g/mol. The first-order chi connectivity index (χ1) is 7.88. The van der Waals surface area contributed by atoms with Crippen molar-refractivity contribution in [2.24, 2.45) is 0 Å². The van der Waals surface area contributed by atoms with Gasteiger partial charge in [0.25, 0.3) is 0 Å². The largest absolute Gasteiger partial charge is 0.497 e. The molecule has 0 bridgehead atoms. The minimum atomic E-state index is 0.523. The number of benzene rings is 1. The second-order valence-corrected chi connectivity index (χ2v) is 4.12. The Hall–Kier alpha value is -1.22. The standard InChI is InChI=1S/C13H19NO2/c1-15-13-6-2-4-12(10-13)14-11-5-3-8-16-9-7-11/h2,4,6,10-11,14H,3,5,7-9H2,1H3. The lowest BCUT2D eigenvalue weighted by atomic mass is 10.1. The van der Waals surface area contributed by atoms with Gasteiger partial charge in [-0.05, 0) is 31.4 Å². The Morgan fingerprint density at radius 1 is 1.31 bits per heavy atom. The van der Waals surface area contributed by atoms with Crippen molar-refractivity contribution in [2.75, 3.05) is 25.6 Å². The van der Waals surface area contributed by atoms with Crippen molar-refractivity contribution in [2.45, 2.75) is 25.3 Å². The maximum Gasteiger partial charge on any atom is 0.120 e. The molecule has 1 saturated heterocycles. The molecule has 0 aromatic heterocycles. The lowest BCUT2D eigenvalue weighted by Gasteiger charge is -2.17. The zero-order valence-corrected chi connectivity index (χ0v) is 9.74. The number of rotatable bonds is 3. The summed E-state index contributed by atoms with van der Waals surface area (Å²) in [6.07, 6.45) is 3.40. The number of methoxy groups -OCH3 is 1. The maximum atomic E-state index is 5.44. The van der Waals surface area contributed by atoms with Crippen LogP contribution in [0.25, 0.3) is 0 Å². The van der Waals surface area contributed by atoms with E-state index in [1.54, 1.807) is 7.11 Å². The second-order valence-electron chi connectivity index (χ2n) is 4.12. The summed E-state index contributed by atoms with van der Waals surface area (Å²) < 4.78 is 10.6. The molecule has 16 heavy (non-hydrogen) atoms. The Balaban J connectivity index is 1.96. The van der Waals surface area contributed by atoms with E-state index in [0.29, 0.717) is 6.04 Å². The third-order valence-electron chi connectivity index (χ3n) is 2.89. The SMILES string of the molecule is COc1cccc(NC2CCCOCC2)c1. The lowest BCUT2D eigenvalue weighted by molar-refractivity contribution is 0.144. The minimum Gasteiger partial charge on any atom is -0.497 e. The minimum absolute atomic E-state index is 0.523. The zero-order valence-electron chi connectivity index (χ0n) is 9.74. The van der Waals surface area contributed by atoms with E-state index >= 15 is 0 Å². The first kappa shape index (κ1) is 11.3. The summed E-state index contributed by atoms with van der Waals surface area (Å²) in [6.45, 7) is 1.76. The molecule has 0 radical (unpaired) electrons. The van der Waals surface area contributed by atoms with Crippen molar-refractivity contribution in [1.82, 2.24) is 0 Å². The highest BCUT2D eigenvalue weighted by Crippen LogP contribution is 2.20. The van der Waals surface area contributed by atoms with Crippen LogP contribution in [0.3, 0.4) is 0 Å². The van der Waals surface area contributed by atoms with Crippen LogP contribution in [0.15, 0.2) is 24.3 Å². The highest BCUT2D eigenvalue weighted by atomic mass is 16.5. The van der Waals surface area contributed by atoms with Crippen LogP contribution in [0.2, 0.25) is 0 Å². The zero-order chi connectivity index (χ0) is 11.2. The van der Waals surface area contributed by atoms with Gasteiger partial charge in [0, 0.05) is 31.0 Å². The van der Waals surface area contributed by atoms with Gasteiger partial charge in [-0.25, -0.2) is 0 Å². The van der Waals surface area contributed by atoms with Gasteiger partial charge in [-0.3, -0.25) is 0 Å². The molecule has 1 aliphatic heterocycles. The number of hydrogen-bond acceptors (Lipinski definition) is 3. The molecule has 1 heterocycles. The molecule has 0 aliphatic carbocycles. The number of nitrogens with one attached hydrogen (secondary N) is 1. The van der Waals surface area contributed by atoms with Crippen LogP contribution in [0, 0.1) is 0 Å². The summed E-state index contributed by atoms with van der Waals surface area (Å²) in [5.74, 6) is 0.898. The van der Waals surface area contributed by atoms with Crippen molar-refractivity contribution in [1.29, 1.82) is 0 Å². The van der Waals surface area contributed by atoms with Gasteiger partial charge in [0.1, 0.15) is 5.75 Å². The molecule has 0 amide bonds. The van der Waals surface area contributed by atoms with Crippen molar-refractivity contribution >= 4 is 5.69 Å². The van der Waals surface area contributed by atoms with Crippen LogP contribution < -0.4 is 10.1 Å². The maximum absolute atomic E-state index is 5.44. The van der Waals surface area contributed by atoms with E-state index in [1.165, 1.54) is 6.42 Å². The Bertz CT molecular complexity index is 319. The van der Waals surface area contributed by atoms with E-state index in [9.17, 15) is 0 Å². The molecule has 1 aliphatic rings. The normalized spacial score (nSPS) is 21.2. The Morgan fingerprint density at radius 3 is 3.12 bits per heavy atom. The van der Waals surface area contributed by atoms with Gasteiger partial charge in [0.2, 0.25) is 0 Å². The van der Waals surface area contributed by atoms with Crippen molar-refractivity contribution in [3.8, 4) is 5.75 Å². The summed E-state index contributed by atoms with van der Waals surface area (Å²) in [5, 5.41) is 3.54. The second kappa shape index (κ2) is 5.75. The van der Waals surface area contributed by atoms with Crippen LogP contribution in [0.4, 0.5) is 5.69 Å². The van der Waals surface area contributed by atoms with Gasteiger partial charge in [-0.15, -0.1) is 0 Å². The highest BCUT2D eigenvalue weighted by molar-refractivity contribution is 5.48. The van der Waals surface area contributed by atoms with E-state index in [-0.39, 0.29) is 0 Å². The number of hydrogen-bond donors (Lipinski definition) is 1. The van der Waals surface area contributed by atoms with Gasteiger partial charge >= 0.3 is 0 Å². The quantitative estimate of drug-likeness (QED) is 0.851. The summed E-state index contributed by atoms with van der Waals surface area (Å²) in [5.41, 5.74) is 1.13. The monoisotopic (exact) mass is 221 g/mol. The van der Waals surface area contributed by atoms with Gasteiger partial charge in [-0.1, -0.05) is 6.07 Å². The molecule has 0 spiro atoms. The first-order valence-electron chi connectivity index (χ1n) is 5.87. The summed E-state index contributed by atoms with van der Waals surface area (Å²) in [7, 11) is 1.69. The Morgan fingerprint density at radius 2 is 2.25 bits per heavy atom. The fourth-order valence-electron chi connectivity index (χ4n) is 2.00. The van der Waals surface area contributed by atoms with Gasteiger partial charge < -0.3 is 14.8 Å². The van der Waals surface area contributed by atoms with Crippen LogP contribution >= 0.6 is 0 Å². The van der Waals surface area contributed by atoms with E-state index in [0.717, 1.165) is 37.5 Å². The Kier molecular flexibility index (Phi) is 4.05. The van der Waals surface area contributed by atoms with Crippen LogP contribution in [-0.4, -0.2) is 26.4 Å². The van der Waals surface area contributed by atoms with E-state index in [4.69, 9.17) is 9.47 Å². The molecule has 88 valence electrons. The smallest absolute Gasteiger partial charge is 0.120 e. The molecule has 3 nitrogen and oxygen atoms in total. The van der Waals surface area contributed by atoms with Gasteiger partial charge in [0.05, 0.1) is 7.11 Å². The van der Waals surface area contributed by atoms with Crippen molar-refractivity contribution in [3.05, 3.63) is 24.3 Å². The van der Waals surface area contributed by atoms with Crippen LogP contribution in [-0.2, 0) is 4.74 Å². The molecule has 1 fully saturated rings. The molecule has 0 saturated carbocycles. The summed E-state index contributed by atoms with van der Waals surface area (Å²) >= 11 is 0. The summed E-state index contributed by atoms with van der Waals surface area (Å²) in [6, 6.07) is 8.60. The molecule has 1 unspecified atom stereocenters. The van der Waals surface area contributed by atoms with Crippen molar-refractivity contribution < 1.29 is 9.47 Å². The molecule has 2 rings (SSSR count). The third kappa shape index (κ3) is 3.14. The lowest BCUT2D eigenvalue weighted by Crippen LogP contribution is -2.19. The molecular formula is C13H19NO2. The molecule has 1 atom stereocenters. The highest BCUT2D eigenvalue weighted by Gasteiger charge is 2.11. The van der Waals surface area contributed by atoms with Gasteiger partial charge in [0.15, 0.2) is 0 Å². The van der Waals surface area contributed by atoms with E-state index < -0.39 is 0 Å². The fraction of sp³-hybridized carbons (Fsp3) is 0.538. The predicted molar refractivity (Wildman–Crippen MR) is 65.1 cm³/mol. The molecule has 1 N–H and O–H groups in total. The Labute approximate surface area is 96.8 Å². The molecule has 1 aromatic carbocycles. The topological polar surface area (TPSA) is 30.5 Å². The summed E-state index contributed by atoms with van der Waals surface area (Å²) in [4.78, 5) is 0. The predicted octanol–water partition coefficient (Wildman–Crippen LogP) is 2.68. The number of anilines is 1. The average Bonchev–Trinajstić information content (AvgIpc) is 2.58. The third-order valence-corrected chi connectivity index (χ3v) is 2.89. The van der Waals surface area contributed by atoms with Crippen LogP contribution in [0.5, 0.6) is 5.75 Å².